The molecule has 36 heavy (non-hydrogen) atoms. The Morgan fingerprint density at radius 2 is 2.08 bits per heavy atom. The van der Waals surface area contributed by atoms with E-state index >= 15 is 0 Å². The molecule has 5 heterocycles. The van der Waals surface area contributed by atoms with Crippen LogP contribution in [0.1, 0.15) is 42.0 Å². The molecule has 0 radical (unpaired) electrons. The number of esters is 1. The summed E-state index contributed by atoms with van der Waals surface area (Å²) in [6, 6.07) is 5.95. The molecule has 1 aromatic carbocycles. The molecule has 6 rings (SSSR count). The monoisotopic (exact) mass is 506 g/mol. The molecule has 2 N–H and O–H groups in total. The lowest BCUT2D eigenvalue weighted by molar-refractivity contribution is -0.172. The quantitative estimate of drug-likeness (QED) is 0.304. The number of aliphatic hydroxyl groups is 1. The number of hydrogen-bond acceptors (Lipinski definition) is 8. The second-order valence-electron chi connectivity index (χ2n) is 10.0. The Hall–Kier alpha value is -2.88. The van der Waals surface area contributed by atoms with Gasteiger partial charge in [0.2, 0.25) is 0 Å². The molecule has 3 aliphatic rings. The van der Waals surface area contributed by atoms with E-state index in [1.165, 1.54) is 15.8 Å². The van der Waals surface area contributed by atoms with Gasteiger partial charge in [-0.05, 0) is 63.7 Å². The van der Waals surface area contributed by atoms with Gasteiger partial charge in [0.15, 0.2) is 5.60 Å². The van der Waals surface area contributed by atoms with Gasteiger partial charge in [0, 0.05) is 39.4 Å². The highest BCUT2D eigenvalue weighted by atomic mass is 32.2. The summed E-state index contributed by atoms with van der Waals surface area (Å²) in [7, 11) is 4.17. The number of carbonyl (C=O) groups excluding carboxylic acids is 1. The van der Waals surface area contributed by atoms with E-state index in [0.717, 1.165) is 54.1 Å². The average molecular weight is 507 g/mol. The lowest BCUT2D eigenvalue weighted by atomic mass is 9.86. The minimum atomic E-state index is -1.81. The van der Waals surface area contributed by atoms with Crippen LogP contribution in [0.25, 0.3) is 22.3 Å². The molecule has 0 fully saturated rings. The zero-order valence-corrected chi connectivity index (χ0v) is 21.6. The molecular weight excluding hydrogens is 476 g/mol. The van der Waals surface area contributed by atoms with Crippen LogP contribution < -0.4 is 10.9 Å². The normalized spacial score (nSPS) is 19.8. The Kier molecular flexibility index (Phi) is 5.62. The summed E-state index contributed by atoms with van der Waals surface area (Å²) in [5, 5.41) is 15.9. The van der Waals surface area contributed by atoms with E-state index in [1.807, 2.05) is 11.8 Å². The van der Waals surface area contributed by atoms with Gasteiger partial charge in [-0.1, -0.05) is 6.92 Å². The fourth-order valence-corrected chi connectivity index (χ4v) is 6.85. The Labute approximate surface area is 213 Å². The van der Waals surface area contributed by atoms with E-state index < -0.39 is 11.6 Å². The first-order chi connectivity index (χ1) is 17.3. The van der Waals surface area contributed by atoms with Gasteiger partial charge in [-0.25, -0.2) is 9.78 Å². The first-order valence-electron chi connectivity index (χ1n) is 12.5. The molecule has 0 aliphatic carbocycles. The lowest BCUT2D eigenvalue weighted by Crippen LogP contribution is -2.44. The molecule has 0 saturated carbocycles. The third-order valence-electron chi connectivity index (χ3n) is 7.62. The van der Waals surface area contributed by atoms with Crippen molar-refractivity contribution in [2.75, 3.05) is 38.3 Å². The summed E-state index contributed by atoms with van der Waals surface area (Å²) >= 11 is 1.86. The molecule has 3 aromatic rings. The van der Waals surface area contributed by atoms with Crippen molar-refractivity contribution in [1.82, 2.24) is 14.5 Å². The van der Waals surface area contributed by atoms with Gasteiger partial charge in [0.1, 0.15) is 6.61 Å². The number of anilines is 1. The molecular formula is C27H30N4O4S. The second-order valence-corrected chi connectivity index (χ2v) is 11.1. The Balaban J connectivity index is 1.48. The van der Waals surface area contributed by atoms with Crippen molar-refractivity contribution < 1.29 is 14.6 Å². The van der Waals surface area contributed by atoms with Gasteiger partial charge in [0.25, 0.3) is 5.56 Å². The Morgan fingerprint density at radius 1 is 1.25 bits per heavy atom. The fourth-order valence-electron chi connectivity index (χ4n) is 5.67. The van der Waals surface area contributed by atoms with Gasteiger partial charge in [0.05, 0.1) is 29.0 Å². The van der Waals surface area contributed by atoms with Crippen LogP contribution in [0.2, 0.25) is 0 Å². The van der Waals surface area contributed by atoms with Gasteiger partial charge >= 0.3 is 5.97 Å². The number of hydrogen-bond donors (Lipinski definition) is 2. The number of nitrogens with zero attached hydrogens (tertiary/aromatic N) is 3. The number of pyridine rings is 2. The van der Waals surface area contributed by atoms with E-state index in [-0.39, 0.29) is 18.6 Å². The molecule has 2 aromatic heterocycles. The third-order valence-corrected chi connectivity index (χ3v) is 8.74. The van der Waals surface area contributed by atoms with Crippen molar-refractivity contribution in [3.05, 3.63) is 50.8 Å². The first-order valence-corrected chi connectivity index (χ1v) is 13.5. The predicted molar refractivity (Wildman–Crippen MR) is 141 cm³/mol. The summed E-state index contributed by atoms with van der Waals surface area (Å²) in [4.78, 5) is 34.4. The van der Waals surface area contributed by atoms with Gasteiger partial charge < -0.3 is 24.6 Å². The maximum atomic E-state index is 13.5. The molecule has 1 atom stereocenters. The number of aryl methyl sites for hydroxylation is 1. The lowest BCUT2D eigenvalue weighted by Gasteiger charge is -2.31. The largest absolute Gasteiger partial charge is 0.458 e. The van der Waals surface area contributed by atoms with Crippen LogP contribution in [0.4, 0.5) is 5.69 Å². The number of benzene rings is 1. The van der Waals surface area contributed by atoms with E-state index in [0.29, 0.717) is 23.4 Å². The van der Waals surface area contributed by atoms with Crippen molar-refractivity contribution in [3.8, 4) is 11.4 Å². The summed E-state index contributed by atoms with van der Waals surface area (Å²) in [6.07, 6.45) is 2.10. The van der Waals surface area contributed by atoms with E-state index in [4.69, 9.17) is 9.72 Å². The number of carbonyl (C=O) groups is 1. The van der Waals surface area contributed by atoms with Gasteiger partial charge in [-0.2, -0.15) is 0 Å². The number of fused-ring (bicyclic) bond motifs is 5. The van der Waals surface area contributed by atoms with E-state index in [9.17, 15) is 14.7 Å². The number of thioether (sulfide) groups is 1. The van der Waals surface area contributed by atoms with Crippen LogP contribution in [0.5, 0.6) is 0 Å². The van der Waals surface area contributed by atoms with Crippen LogP contribution in [-0.2, 0) is 34.7 Å². The molecule has 9 heteroatoms. The maximum Gasteiger partial charge on any atom is 0.343 e. The van der Waals surface area contributed by atoms with E-state index in [1.54, 1.807) is 17.6 Å². The van der Waals surface area contributed by atoms with E-state index in [2.05, 4.69) is 36.4 Å². The van der Waals surface area contributed by atoms with Crippen molar-refractivity contribution in [2.45, 2.75) is 49.8 Å². The SMILES string of the molecule is CCC1(O)C(=O)OCc2c1cc1n(c2=O)Cc2c-1nc1ccc(NCCCN(C)C)c3c1c2CCS3. The molecule has 1 unspecified atom stereocenters. The van der Waals surface area contributed by atoms with Crippen LogP contribution in [0.15, 0.2) is 27.9 Å². The highest BCUT2D eigenvalue weighted by Gasteiger charge is 2.45. The number of ether oxygens (including phenoxy) is 1. The minimum absolute atomic E-state index is 0.113. The smallest absolute Gasteiger partial charge is 0.343 e. The second kappa shape index (κ2) is 8.61. The van der Waals surface area contributed by atoms with Crippen molar-refractivity contribution >= 4 is 34.3 Å². The van der Waals surface area contributed by atoms with Gasteiger partial charge in [-0.3, -0.25) is 4.79 Å². The molecule has 0 amide bonds. The van der Waals surface area contributed by atoms with Crippen LogP contribution >= 0.6 is 11.8 Å². The molecule has 8 nitrogen and oxygen atoms in total. The first kappa shape index (κ1) is 23.5. The van der Waals surface area contributed by atoms with Gasteiger partial charge in [-0.15, -0.1) is 11.8 Å². The zero-order valence-electron chi connectivity index (χ0n) is 20.8. The molecule has 0 saturated heterocycles. The van der Waals surface area contributed by atoms with Crippen molar-refractivity contribution in [3.63, 3.8) is 0 Å². The Bertz CT molecular complexity index is 1480. The zero-order chi connectivity index (χ0) is 25.2. The topological polar surface area (TPSA) is 96.7 Å². The molecule has 0 bridgehead atoms. The highest BCUT2D eigenvalue weighted by molar-refractivity contribution is 7.99. The molecule has 188 valence electrons. The highest BCUT2D eigenvalue weighted by Crippen LogP contribution is 2.46. The maximum absolute atomic E-state index is 13.5. The minimum Gasteiger partial charge on any atom is -0.458 e. The number of aromatic nitrogens is 2. The summed E-state index contributed by atoms with van der Waals surface area (Å²) < 4.78 is 6.92. The molecule has 0 spiro atoms. The average Bonchev–Trinajstić information content (AvgIpc) is 3.25. The standard InChI is InChI=1S/C27H30N4O4S/c1-4-27(34)18-12-21-23-16(13-31(21)25(32)17(18)14-35-26(27)33)15-8-11-36-24-20(28-9-5-10-30(2)3)7-6-19(29-23)22(15)24/h6-7,12,28,34H,4-5,8-11,13-14H2,1-3H3. The third kappa shape index (κ3) is 3.40. The predicted octanol–water partition coefficient (Wildman–Crippen LogP) is 3.09. The Morgan fingerprint density at radius 3 is 2.86 bits per heavy atom. The van der Waals surface area contributed by atoms with Crippen LogP contribution in [-0.4, -0.2) is 58.5 Å². The summed E-state index contributed by atoms with van der Waals surface area (Å²) in [5.41, 5.74) is 4.49. The summed E-state index contributed by atoms with van der Waals surface area (Å²) in [5.74, 6) is 0.267. The number of nitrogens with one attached hydrogen (secondary N) is 1. The van der Waals surface area contributed by atoms with Crippen molar-refractivity contribution in [1.29, 1.82) is 0 Å². The number of cyclic esters (lactones) is 1. The number of rotatable bonds is 6. The van der Waals surface area contributed by atoms with Crippen molar-refractivity contribution in [2.24, 2.45) is 0 Å². The summed E-state index contributed by atoms with van der Waals surface area (Å²) in [6.45, 7) is 3.98. The van der Waals surface area contributed by atoms with Crippen LogP contribution in [0, 0.1) is 0 Å². The fraction of sp³-hybridized carbons (Fsp3) is 0.444. The van der Waals surface area contributed by atoms with Crippen LogP contribution in [0.3, 0.4) is 0 Å². The molecule has 3 aliphatic heterocycles.